The van der Waals surface area contributed by atoms with E-state index >= 15 is 0 Å². The highest BCUT2D eigenvalue weighted by Gasteiger charge is 2.21. The molecular formula is C14H27N3O. The fraction of sp³-hybridized carbons (Fsp3) is 0.929. The molecule has 4 nitrogen and oxygen atoms in total. The summed E-state index contributed by atoms with van der Waals surface area (Å²) in [6.07, 6.45) is 6.87. The van der Waals surface area contributed by atoms with Gasteiger partial charge in [0.05, 0.1) is 12.7 Å². The molecule has 1 rings (SSSR count). The minimum absolute atomic E-state index is 0.678. The van der Waals surface area contributed by atoms with Gasteiger partial charge in [-0.1, -0.05) is 6.42 Å². The quantitative estimate of drug-likeness (QED) is 0.636. The summed E-state index contributed by atoms with van der Waals surface area (Å²) in [6, 6.07) is 2.90. The van der Waals surface area contributed by atoms with Crippen LogP contribution in [0.3, 0.4) is 0 Å². The van der Waals surface area contributed by atoms with Crippen molar-refractivity contribution in [3.63, 3.8) is 0 Å². The third kappa shape index (κ3) is 6.34. The number of rotatable bonds is 9. The summed E-state index contributed by atoms with van der Waals surface area (Å²) in [6.45, 7) is 5.17. The predicted molar refractivity (Wildman–Crippen MR) is 73.4 cm³/mol. The van der Waals surface area contributed by atoms with E-state index in [9.17, 15) is 0 Å². The second kappa shape index (κ2) is 10.3. The van der Waals surface area contributed by atoms with Crippen LogP contribution in [0.4, 0.5) is 0 Å². The number of ether oxygens (including phenoxy) is 1. The Bertz CT molecular complexity index is 240. The second-order valence-electron chi connectivity index (χ2n) is 5.00. The minimum atomic E-state index is 0.678. The number of unbranched alkanes of at least 4 members (excludes halogenated alkanes) is 2. The summed E-state index contributed by atoms with van der Waals surface area (Å²) >= 11 is 0. The molecule has 1 saturated heterocycles. The lowest BCUT2D eigenvalue weighted by molar-refractivity contribution is 0.138. The lowest BCUT2D eigenvalue weighted by Gasteiger charge is -2.36. The van der Waals surface area contributed by atoms with Crippen LogP contribution < -0.4 is 5.32 Å². The van der Waals surface area contributed by atoms with Gasteiger partial charge >= 0.3 is 0 Å². The van der Waals surface area contributed by atoms with Crippen LogP contribution >= 0.6 is 0 Å². The number of methoxy groups -OCH3 is 1. The molecule has 0 aromatic rings. The number of hydrogen-bond donors (Lipinski definition) is 1. The normalized spacial score (nSPS) is 20.8. The number of nitrogens with one attached hydrogen (secondary N) is 1. The van der Waals surface area contributed by atoms with Crippen LogP contribution in [0.1, 0.15) is 38.5 Å². The van der Waals surface area contributed by atoms with E-state index in [4.69, 9.17) is 10.00 Å². The fourth-order valence-electron chi connectivity index (χ4n) is 2.55. The van der Waals surface area contributed by atoms with Gasteiger partial charge in [0.1, 0.15) is 0 Å². The Kier molecular flexibility index (Phi) is 8.83. The molecule has 1 fully saturated rings. The first-order valence-electron chi connectivity index (χ1n) is 7.19. The standard InChI is InChI=1S/C14H27N3O/c1-18-12-9-16-13-14-7-3-6-11-17(14)10-5-2-4-8-15/h14,16H,2-7,9-13H2,1H3. The molecule has 1 N–H and O–H groups in total. The molecule has 0 aromatic heterocycles. The van der Waals surface area contributed by atoms with E-state index in [1.807, 2.05) is 0 Å². The topological polar surface area (TPSA) is 48.3 Å². The van der Waals surface area contributed by atoms with Gasteiger partial charge in [-0.2, -0.15) is 5.26 Å². The molecule has 0 spiro atoms. The molecule has 0 aliphatic carbocycles. The van der Waals surface area contributed by atoms with E-state index in [1.54, 1.807) is 7.11 Å². The van der Waals surface area contributed by atoms with Crippen molar-refractivity contribution in [2.45, 2.75) is 44.6 Å². The smallest absolute Gasteiger partial charge is 0.0621 e. The Balaban J connectivity index is 2.17. The van der Waals surface area contributed by atoms with Gasteiger partial charge in [-0.05, 0) is 38.8 Å². The first kappa shape index (κ1) is 15.4. The lowest BCUT2D eigenvalue weighted by atomic mass is 10.0. The highest BCUT2D eigenvalue weighted by atomic mass is 16.5. The van der Waals surface area contributed by atoms with Gasteiger partial charge in [-0.25, -0.2) is 0 Å². The van der Waals surface area contributed by atoms with Crippen LogP contribution in [0.25, 0.3) is 0 Å². The Morgan fingerprint density at radius 1 is 1.39 bits per heavy atom. The van der Waals surface area contributed by atoms with Gasteiger partial charge in [0.15, 0.2) is 0 Å². The second-order valence-corrected chi connectivity index (χ2v) is 5.00. The van der Waals surface area contributed by atoms with Crippen molar-refractivity contribution in [1.82, 2.24) is 10.2 Å². The maximum Gasteiger partial charge on any atom is 0.0621 e. The number of nitriles is 1. The zero-order chi connectivity index (χ0) is 13.1. The van der Waals surface area contributed by atoms with Crippen LogP contribution in [0, 0.1) is 11.3 Å². The van der Waals surface area contributed by atoms with Crippen molar-refractivity contribution < 1.29 is 4.74 Å². The highest BCUT2D eigenvalue weighted by molar-refractivity contribution is 4.79. The summed E-state index contributed by atoms with van der Waals surface area (Å²) < 4.78 is 5.04. The summed E-state index contributed by atoms with van der Waals surface area (Å²) in [5.41, 5.74) is 0. The van der Waals surface area contributed by atoms with E-state index in [-0.39, 0.29) is 0 Å². The summed E-state index contributed by atoms with van der Waals surface area (Å²) in [5, 5.41) is 12.0. The van der Waals surface area contributed by atoms with Crippen molar-refractivity contribution in [1.29, 1.82) is 5.26 Å². The molecule has 0 amide bonds. The molecular weight excluding hydrogens is 226 g/mol. The van der Waals surface area contributed by atoms with Crippen molar-refractivity contribution >= 4 is 0 Å². The van der Waals surface area contributed by atoms with Gasteiger partial charge in [-0.15, -0.1) is 0 Å². The third-order valence-corrected chi connectivity index (χ3v) is 3.60. The Hall–Kier alpha value is -0.630. The molecule has 18 heavy (non-hydrogen) atoms. The molecule has 0 aromatic carbocycles. The summed E-state index contributed by atoms with van der Waals surface area (Å²) in [5.74, 6) is 0. The largest absolute Gasteiger partial charge is 0.383 e. The molecule has 0 bridgehead atoms. The molecule has 104 valence electrons. The minimum Gasteiger partial charge on any atom is -0.383 e. The summed E-state index contributed by atoms with van der Waals surface area (Å²) in [7, 11) is 1.74. The van der Waals surface area contributed by atoms with Crippen LogP contribution in [0.5, 0.6) is 0 Å². The van der Waals surface area contributed by atoms with Gasteiger partial charge < -0.3 is 10.1 Å². The van der Waals surface area contributed by atoms with E-state index in [2.05, 4.69) is 16.3 Å². The molecule has 1 heterocycles. The fourth-order valence-corrected chi connectivity index (χ4v) is 2.55. The average Bonchev–Trinajstić information content (AvgIpc) is 2.41. The maximum atomic E-state index is 8.54. The zero-order valence-corrected chi connectivity index (χ0v) is 11.7. The van der Waals surface area contributed by atoms with E-state index in [0.29, 0.717) is 12.5 Å². The van der Waals surface area contributed by atoms with Crippen LogP contribution in [0.2, 0.25) is 0 Å². The first-order valence-corrected chi connectivity index (χ1v) is 7.19. The van der Waals surface area contributed by atoms with E-state index in [1.165, 1.54) is 25.8 Å². The third-order valence-electron chi connectivity index (χ3n) is 3.60. The lowest BCUT2D eigenvalue weighted by Crippen LogP contribution is -2.46. The van der Waals surface area contributed by atoms with Crippen molar-refractivity contribution in [2.24, 2.45) is 0 Å². The molecule has 0 saturated carbocycles. The molecule has 1 aliphatic heterocycles. The van der Waals surface area contributed by atoms with Crippen molar-refractivity contribution in [3.8, 4) is 6.07 Å². The Labute approximate surface area is 111 Å². The molecule has 1 atom stereocenters. The average molecular weight is 253 g/mol. The Morgan fingerprint density at radius 3 is 3.06 bits per heavy atom. The molecule has 4 heteroatoms. The SMILES string of the molecule is COCCNCC1CCCCN1CCCCC#N. The van der Waals surface area contributed by atoms with Crippen LogP contribution in [-0.4, -0.2) is 50.8 Å². The maximum absolute atomic E-state index is 8.54. The zero-order valence-electron chi connectivity index (χ0n) is 11.7. The van der Waals surface area contributed by atoms with E-state index in [0.717, 1.165) is 39.1 Å². The van der Waals surface area contributed by atoms with Gasteiger partial charge in [0.2, 0.25) is 0 Å². The molecule has 1 unspecified atom stereocenters. The molecule has 0 radical (unpaired) electrons. The summed E-state index contributed by atoms with van der Waals surface area (Å²) in [4.78, 5) is 2.60. The Morgan fingerprint density at radius 2 is 2.28 bits per heavy atom. The predicted octanol–water partition coefficient (Wildman–Crippen LogP) is 1.77. The van der Waals surface area contributed by atoms with Gasteiger partial charge in [0.25, 0.3) is 0 Å². The number of nitrogens with zero attached hydrogens (tertiary/aromatic N) is 2. The monoisotopic (exact) mass is 253 g/mol. The van der Waals surface area contributed by atoms with Crippen molar-refractivity contribution in [2.75, 3.05) is 39.9 Å². The van der Waals surface area contributed by atoms with Crippen molar-refractivity contribution in [3.05, 3.63) is 0 Å². The number of likely N-dealkylation sites (tertiary alicyclic amines) is 1. The van der Waals surface area contributed by atoms with E-state index < -0.39 is 0 Å². The number of hydrogen-bond acceptors (Lipinski definition) is 4. The molecule has 1 aliphatic rings. The van der Waals surface area contributed by atoms with Gasteiger partial charge in [0, 0.05) is 32.7 Å². The highest BCUT2D eigenvalue weighted by Crippen LogP contribution is 2.17. The number of piperidine rings is 1. The first-order chi connectivity index (χ1) is 8.88. The van der Waals surface area contributed by atoms with Gasteiger partial charge in [-0.3, -0.25) is 4.90 Å². The van der Waals surface area contributed by atoms with Crippen LogP contribution in [-0.2, 0) is 4.74 Å². The van der Waals surface area contributed by atoms with Crippen LogP contribution in [0.15, 0.2) is 0 Å².